The molecule has 2 aliphatic heterocycles. The quantitative estimate of drug-likeness (QED) is 0.412. The molecule has 3 aliphatic rings. The van der Waals surface area contributed by atoms with E-state index in [9.17, 15) is 9.59 Å². The van der Waals surface area contributed by atoms with E-state index in [4.69, 9.17) is 4.74 Å². The number of para-hydroxylation sites is 2. The van der Waals surface area contributed by atoms with Crippen molar-refractivity contribution in [3.8, 4) is 0 Å². The Balaban J connectivity index is 1.11. The number of imidazole rings is 1. The SMILES string of the molecule is O=C(NC(c1ccccc1)C1CCCCC1)N1CCC(n2c(=O)n(CCCN3CCOCC3)c3ccccc32)CC1. The highest BCUT2D eigenvalue weighted by atomic mass is 16.5. The fraction of sp³-hybridized carbons (Fsp3) is 0.576. The second kappa shape index (κ2) is 13.3. The first-order valence-corrected chi connectivity index (χ1v) is 15.8. The van der Waals surface area contributed by atoms with Gasteiger partial charge in [0.05, 0.1) is 30.3 Å². The highest BCUT2D eigenvalue weighted by Crippen LogP contribution is 2.35. The molecule has 0 radical (unpaired) electrons. The van der Waals surface area contributed by atoms with Crippen molar-refractivity contribution in [3.63, 3.8) is 0 Å². The van der Waals surface area contributed by atoms with Gasteiger partial charge in [0.25, 0.3) is 0 Å². The van der Waals surface area contributed by atoms with Crippen LogP contribution in [0, 0.1) is 5.92 Å². The molecule has 0 bridgehead atoms. The van der Waals surface area contributed by atoms with Crippen molar-refractivity contribution < 1.29 is 9.53 Å². The van der Waals surface area contributed by atoms with E-state index in [-0.39, 0.29) is 23.8 Å². The maximum atomic E-state index is 13.8. The maximum absolute atomic E-state index is 13.8. The van der Waals surface area contributed by atoms with Crippen molar-refractivity contribution in [1.82, 2.24) is 24.3 Å². The van der Waals surface area contributed by atoms with Crippen LogP contribution in [0.2, 0.25) is 0 Å². The lowest BCUT2D eigenvalue weighted by Crippen LogP contribution is -2.47. The summed E-state index contributed by atoms with van der Waals surface area (Å²) in [5.74, 6) is 0.487. The maximum Gasteiger partial charge on any atom is 0.329 e. The molecule has 3 fully saturated rings. The summed E-state index contributed by atoms with van der Waals surface area (Å²) in [6.07, 6.45) is 8.63. The van der Waals surface area contributed by atoms with Crippen LogP contribution in [0.25, 0.3) is 11.0 Å². The second-order valence-corrected chi connectivity index (χ2v) is 12.1. The Hall–Kier alpha value is -3.10. The van der Waals surface area contributed by atoms with Gasteiger partial charge in [0.15, 0.2) is 0 Å². The van der Waals surface area contributed by atoms with Gasteiger partial charge in [-0.1, -0.05) is 61.7 Å². The zero-order chi connectivity index (χ0) is 28.0. The predicted molar refractivity (Wildman–Crippen MR) is 162 cm³/mol. The summed E-state index contributed by atoms with van der Waals surface area (Å²) >= 11 is 0. The molecule has 2 saturated heterocycles. The van der Waals surface area contributed by atoms with Gasteiger partial charge >= 0.3 is 11.7 Å². The Morgan fingerprint density at radius 2 is 1.51 bits per heavy atom. The number of rotatable bonds is 8. The number of aromatic nitrogens is 2. The number of amides is 2. The van der Waals surface area contributed by atoms with E-state index in [1.165, 1.54) is 37.7 Å². The summed E-state index contributed by atoms with van der Waals surface area (Å²) in [6.45, 7) is 6.54. The highest BCUT2D eigenvalue weighted by Gasteiger charge is 2.31. The molecule has 8 heteroatoms. The number of benzene rings is 2. The van der Waals surface area contributed by atoms with Crippen molar-refractivity contribution >= 4 is 17.1 Å². The predicted octanol–water partition coefficient (Wildman–Crippen LogP) is 5.19. The van der Waals surface area contributed by atoms with Crippen LogP contribution in [0.15, 0.2) is 59.4 Å². The van der Waals surface area contributed by atoms with Crippen molar-refractivity contribution in [1.29, 1.82) is 0 Å². The summed E-state index contributed by atoms with van der Waals surface area (Å²) < 4.78 is 9.44. The van der Waals surface area contributed by atoms with Crippen LogP contribution in [0.5, 0.6) is 0 Å². The monoisotopic (exact) mass is 559 g/mol. The molecule has 8 nitrogen and oxygen atoms in total. The van der Waals surface area contributed by atoms with E-state index in [0.29, 0.717) is 25.6 Å². The molecule has 1 unspecified atom stereocenters. The van der Waals surface area contributed by atoms with Gasteiger partial charge < -0.3 is 15.0 Å². The van der Waals surface area contributed by atoms with E-state index in [2.05, 4.69) is 46.6 Å². The number of urea groups is 1. The molecule has 2 aromatic carbocycles. The third-order valence-electron chi connectivity index (χ3n) is 9.50. The highest BCUT2D eigenvalue weighted by molar-refractivity contribution is 5.76. The number of piperidine rings is 1. The Labute approximate surface area is 243 Å². The lowest BCUT2D eigenvalue weighted by atomic mass is 9.81. The molecule has 1 atom stereocenters. The summed E-state index contributed by atoms with van der Waals surface area (Å²) in [5.41, 5.74) is 3.30. The van der Waals surface area contributed by atoms with E-state index >= 15 is 0 Å². The number of aryl methyl sites for hydroxylation is 1. The first-order chi connectivity index (χ1) is 20.2. The number of hydrogen-bond donors (Lipinski definition) is 1. The van der Waals surface area contributed by atoms with Crippen molar-refractivity contribution in [3.05, 3.63) is 70.6 Å². The minimum atomic E-state index is 0.0285. The third kappa shape index (κ3) is 6.38. The first-order valence-electron chi connectivity index (χ1n) is 15.8. The van der Waals surface area contributed by atoms with Crippen molar-refractivity contribution in [2.45, 2.75) is 70.0 Å². The number of carbonyl (C=O) groups is 1. The second-order valence-electron chi connectivity index (χ2n) is 12.1. The molecule has 0 spiro atoms. The standard InChI is InChI=1S/C33H45N5O3/c39-32(34-31(26-10-3-1-4-11-26)27-12-5-2-6-13-27)36-20-16-28(17-21-36)38-30-15-8-7-14-29(30)37(33(38)40)19-9-18-35-22-24-41-25-23-35/h1,3-4,7-8,10-11,14-15,27-28,31H,2,5-6,9,12-13,16-25H2,(H,34,39). The minimum Gasteiger partial charge on any atom is -0.379 e. The number of nitrogens with zero attached hydrogens (tertiary/aromatic N) is 4. The number of ether oxygens (including phenoxy) is 1. The molecule has 3 heterocycles. The van der Waals surface area contributed by atoms with Gasteiger partial charge in [-0.3, -0.25) is 14.0 Å². The Bertz CT molecular complexity index is 1330. The van der Waals surface area contributed by atoms with Crippen LogP contribution < -0.4 is 11.0 Å². The van der Waals surface area contributed by atoms with Crippen LogP contribution in [0.4, 0.5) is 4.79 Å². The average Bonchev–Trinajstić information content (AvgIpc) is 3.32. The molecule has 6 rings (SSSR count). The van der Waals surface area contributed by atoms with Crippen LogP contribution >= 0.6 is 0 Å². The van der Waals surface area contributed by atoms with Gasteiger partial charge in [-0.15, -0.1) is 0 Å². The fourth-order valence-corrected chi connectivity index (χ4v) is 7.23. The van der Waals surface area contributed by atoms with Crippen LogP contribution in [0.3, 0.4) is 0 Å². The third-order valence-corrected chi connectivity index (χ3v) is 9.50. The molecule has 1 saturated carbocycles. The fourth-order valence-electron chi connectivity index (χ4n) is 7.23. The number of likely N-dealkylation sites (tertiary alicyclic amines) is 1. The van der Waals surface area contributed by atoms with E-state index in [1.54, 1.807) is 0 Å². The molecule has 1 N–H and O–H groups in total. The molecular formula is C33H45N5O3. The Morgan fingerprint density at radius 3 is 2.24 bits per heavy atom. The topological polar surface area (TPSA) is 71.7 Å². The number of hydrogen-bond acceptors (Lipinski definition) is 4. The van der Waals surface area contributed by atoms with Gasteiger partial charge in [-0.05, 0) is 55.7 Å². The molecule has 1 aromatic heterocycles. The van der Waals surface area contributed by atoms with Crippen molar-refractivity contribution in [2.24, 2.45) is 5.92 Å². The van der Waals surface area contributed by atoms with Crippen LogP contribution in [-0.4, -0.2) is 70.9 Å². The van der Waals surface area contributed by atoms with Gasteiger partial charge in [-0.2, -0.15) is 0 Å². The Morgan fingerprint density at radius 1 is 0.829 bits per heavy atom. The zero-order valence-corrected chi connectivity index (χ0v) is 24.3. The van der Waals surface area contributed by atoms with Crippen LogP contribution in [0.1, 0.15) is 69.0 Å². The number of carbonyl (C=O) groups excluding carboxylic acids is 1. The van der Waals surface area contributed by atoms with Gasteiger partial charge in [0.2, 0.25) is 0 Å². The summed E-state index contributed by atoms with van der Waals surface area (Å²) in [4.78, 5) is 31.7. The molecule has 2 amide bonds. The molecular weight excluding hydrogens is 514 g/mol. The summed E-state index contributed by atoms with van der Waals surface area (Å²) in [7, 11) is 0. The summed E-state index contributed by atoms with van der Waals surface area (Å²) in [5, 5.41) is 3.43. The van der Waals surface area contributed by atoms with Crippen molar-refractivity contribution in [2.75, 3.05) is 45.9 Å². The van der Waals surface area contributed by atoms with E-state index in [0.717, 1.165) is 63.1 Å². The average molecular weight is 560 g/mol. The lowest BCUT2D eigenvalue weighted by Gasteiger charge is -2.36. The number of nitrogens with one attached hydrogen (secondary N) is 1. The zero-order valence-electron chi connectivity index (χ0n) is 24.3. The number of fused-ring (bicyclic) bond motifs is 1. The van der Waals surface area contributed by atoms with Crippen LogP contribution in [-0.2, 0) is 11.3 Å². The normalized spacial score (nSPS) is 20.3. The van der Waals surface area contributed by atoms with E-state index < -0.39 is 0 Å². The van der Waals surface area contributed by atoms with E-state index in [1.807, 2.05) is 32.2 Å². The molecule has 3 aromatic rings. The minimum absolute atomic E-state index is 0.0285. The molecule has 41 heavy (non-hydrogen) atoms. The first kappa shape index (κ1) is 28.0. The number of morpholine rings is 1. The lowest BCUT2D eigenvalue weighted by molar-refractivity contribution is 0.0369. The van der Waals surface area contributed by atoms with Gasteiger partial charge in [0.1, 0.15) is 0 Å². The van der Waals surface area contributed by atoms with Gasteiger partial charge in [-0.25, -0.2) is 9.59 Å². The molecule has 220 valence electrons. The Kier molecular flexibility index (Phi) is 9.06. The molecule has 1 aliphatic carbocycles. The largest absolute Gasteiger partial charge is 0.379 e. The summed E-state index contributed by atoms with van der Waals surface area (Å²) in [6, 6.07) is 18.8. The smallest absolute Gasteiger partial charge is 0.329 e. The van der Waals surface area contributed by atoms with Gasteiger partial charge in [0, 0.05) is 45.3 Å².